The number of methoxy groups -OCH3 is 1. The maximum absolute atomic E-state index is 6.03. The smallest absolute Gasteiger partial charge is 0.122 e. The predicted octanol–water partition coefficient (Wildman–Crippen LogP) is 2.67. The fourth-order valence-electron chi connectivity index (χ4n) is 1.82. The molecule has 2 heteroatoms. The zero-order valence-corrected chi connectivity index (χ0v) is 9.92. The van der Waals surface area contributed by atoms with Gasteiger partial charge >= 0.3 is 0 Å². The number of rotatable bonds is 5. The number of nitrogens with two attached hydrogens (primary N) is 1. The largest absolute Gasteiger partial charge is 0.496 e. The molecule has 0 aromatic heterocycles. The summed E-state index contributed by atoms with van der Waals surface area (Å²) in [5, 5.41) is 0. The minimum Gasteiger partial charge on any atom is -0.496 e. The molecule has 0 saturated carbocycles. The Morgan fingerprint density at radius 2 is 2.13 bits per heavy atom. The lowest BCUT2D eigenvalue weighted by molar-refractivity contribution is 0.407. The first-order valence-electron chi connectivity index (χ1n) is 5.56. The quantitative estimate of drug-likeness (QED) is 0.805. The Morgan fingerprint density at radius 1 is 1.40 bits per heavy atom. The Bertz CT molecular complexity index is 309. The molecule has 2 N–H and O–H groups in total. The number of benzene rings is 1. The number of aryl methyl sites for hydroxylation is 1. The third-order valence-electron chi connectivity index (χ3n) is 2.58. The maximum Gasteiger partial charge on any atom is 0.122 e. The Hall–Kier alpha value is -1.02. The highest BCUT2D eigenvalue weighted by atomic mass is 16.5. The van der Waals surface area contributed by atoms with Gasteiger partial charge in [0.25, 0.3) is 0 Å². The van der Waals surface area contributed by atoms with Crippen LogP contribution in [0.3, 0.4) is 0 Å². The van der Waals surface area contributed by atoms with Gasteiger partial charge in [-0.3, -0.25) is 0 Å². The Balaban J connectivity index is 2.77. The minimum atomic E-state index is 0.241. The Labute approximate surface area is 92.4 Å². The van der Waals surface area contributed by atoms with Crippen LogP contribution in [0.15, 0.2) is 18.2 Å². The van der Waals surface area contributed by atoms with E-state index in [-0.39, 0.29) is 6.04 Å². The molecule has 0 fully saturated rings. The van der Waals surface area contributed by atoms with Crippen LogP contribution in [0.4, 0.5) is 0 Å². The van der Waals surface area contributed by atoms with Crippen molar-refractivity contribution in [1.82, 2.24) is 0 Å². The zero-order chi connectivity index (χ0) is 11.3. The van der Waals surface area contributed by atoms with Gasteiger partial charge in [0.05, 0.1) is 7.11 Å². The van der Waals surface area contributed by atoms with Crippen LogP contribution in [0.5, 0.6) is 5.75 Å². The molecule has 0 radical (unpaired) electrons. The van der Waals surface area contributed by atoms with Crippen molar-refractivity contribution < 1.29 is 4.74 Å². The van der Waals surface area contributed by atoms with Crippen LogP contribution in [0, 0.1) is 6.92 Å². The van der Waals surface area contributed by atoms with Gasteiger partial charge in [0, 0.05) is 6.04 Å². The molecule has 1 rings (SSSR count). The zero-order valence-electron chi connectivity index (χ0n) is 9.92. The van der Waals surface area contributed by atoms with Crippen LogP contribution in [0.2, 0.25) is 0 Å². The van der Waals surface area contributed by atoms with Crippen LogP contribution < -0.4 is 10.5 Å². The lowest BCUT2D eigenvalue weighted by atomic mass is 10.0. The second-order valence-electron chi connectivity index (χ2n) is 4.07. The third-order valence-corrected chi connectivity index (χ3v) is 2.58. The summed E-state index contributed by atoms with van der Waals surface area (Å²) in [7, 11) is 1.71. The molecular weight excluding hydrogens is 186 g/mol. The van der Waals surface area contributed by atoms with Crippen LogP contribution in [0.1, 0.15) is 30.9 Å². The van der Waals surface area contributed by atoms with E-state index in [1.54, 1.807) is 7.11 Å². The van der Waals surface area contributed by atoms with Crippen molar-refractivity contribution >= 4 is 0 Å². The number of ether oxygens (including phenoxy) is 1. The van der Waals surface area contributed by atoms with Crippen molar-refractivity contribution in [2.24, 2.45) is 5.73 Å². The average molecular weight is 207 g/mol. The van der Waals surface area contributed by atoms with Crippen molar-refractivity contribution in [2.75, 3.05) is 7.11 Å². The summed E-state index contributed by atoms with van der Waals surface area (Å²) in [6.45, 7) is 4.25. The third kappa shape index (κ3) is 3.56. The van der Waals surface area contributed by atoms with Gasteiger partial charge in [0.15, 0.2) is 0 Å². The molecule has 1 unspecified atom stereocenters. The minimum absolute atomic E-state index is 0.241. The van der Waals surface area contributed by atoms with Gasteiger partial charge < -0.3 is 10.5 Å². The molecule has 2 nitrogen and oxygen atoms in total. The summed E-state index contributed by atoms with van der Waals surface area (Å²) < 4.78 is 5.32. The second-order valence-corrected chi connectivity index (χ2v) is 4.07. The molecule has 0 spiro atoms. The Kier molecular flexibility index (Phi) is 4.63. The first-order chi connectivity index (χ1) is 7.17. The maximum atomic E-state index is 6.03. The monoisotopic (exact) mass is 207 g/mol. The van der Waals surface area contributed by atoms with Gasteiger partial charge in [-0.2, -0.15) is 0 Å². The van der Waals surface area contributed by atoms with Crippen LogP contribution >= 0.6 is 0 Å². The van der Waals surface area contributed by atoms with E-state index in [2.05, 4.69) is 26.0 Å². The van der Waals surface area contributed by atoms with E-state index < -0.39 is 0 Å². The summed E-state index contributed by atoms with van der Waals surface area (Å²) in [4.78, 5) is 0. The molecule has 0 heterocycles. The summed E-state index contributed by atoms with van der Waals surface area (Å²) in [6, 6.07) is 6.48. The topological polar surface area (TPSA) is 35.2 Å². The average Bonchev–Trinajstić information content (AvgIpc) is 2.18. The molecule has 0 aliphatic heterocycles. The molecule has 0 saturated heterocycles. The molecule has 15 heavy (non-hydrogen) atoms. The van der Waals surface area contributed by atoms with Crippen molar-refractivity contribution in [3.8, 4) is 5.75 Å². The summed E-state index contributed by atoms with van der Waals surface area (Å²) in [5.41, 5.74) is 8.51. The summed E-state index contributed by atoms with van der Waals surface area (Å²) >= 11 is 0. The van der Waals surface area contributed by atoms with Crippen molar-refractivity contribution in [1.29, 1.82) is 0 Å². The lowest BCUT2D eigenvalue weighted by Gasteiger charge is -2.14. The predicted molar refractivity (Wildman–Crippen MR) is 64.3 cm³/mol. The molecule has 1 aromatic carbocycles. The number of hydrogen-bond donors (Lipinski definition) is 1. The van der Waals surface area contributed by atoms with E-state index in [1.165, 1.54) is 11.1 Å². The first kappa shape index (κ1) is 12.1. The van der Waals surface area contributed by atoms with Crippen molar-refractivity contribution in [3.63, 3.8) is 0 Å². The van der Waals surface area contributed by atoms with E-state index in [0.29, 0.717) is 0 Å². The first-order valence-corrected chi connectivity index (χ1v) is 5.56. The molecule has 0 aliphatic rings. The Morgan fingerprint density at radius 3 is 2.73 bits per heavy atom. The molecule has 0 amide bonds. The van der Waals surface area contributed by atoms with Gasteiger partial charge in [-0.05, 0) is 31.4 Å². The van der Waals surface area contributed by atoms with Gasteiger partial charge in [-0.25, -0.2) is 0 Å². The summed E-state index contributed by atoms with van der Waals surface area (Å²) in [5.74, 6) is 0.951. The fraction of sp³-hybridized carbons (Fsp3) is 0.538. The molecular formula is C13H21NO. The standard InChI is InChI=1S/C13H21NO/c1-4-5-12(14)9-11-8-10(2)6-7-13(11)15-3/h6-8,12H,4-5,9,14H2,1-3H3. The molecule has 1 aromatic rings. The highest BCUT2D eigenvalue weighted by molar-refractivity contribution is 5.37. The van der Waals surface area contributed by atoms with Gasteiger partial charge in [-0.1, -0.05) is 31.0 Å². The van der Waals surface area contributed by atoms with E-state index in [0.717, 1.165) is 25.0 Å². The van der Waals surface area contributed by atoms with Crippen LogP contribution in [-0.2, 0) is 6.42 Å². The molecule has 84 valence electrons. The number of hydrogen-bond acceptors (Lipinski definition) is 2. The van der Waals surface area contributed by atoms with E-state index in [9.17, 15) is 0 Å². The summed E-state index contributed by atoms with van der Waals surface area (Å²) in [6.07, 6.45) is 3.10. The van der Waals surface area contributed by atoms with E-state index in [4.69, 9.17) is 10.5 Å². The van der Waals surface area contributed by atoms with E-state index in [1.807, 2.05) is 6.07 Å². The van der Waals surface area contributed by atoms with Gasteiger partial charge in [0.1, 0.15) is 5.75 Å². The van der Waals surface area contributed by atoms with Crippen molar-refractivity contribution in [2.45, 2.75) is 39.2 Å². The molecule has 0 bridgehead atoms. The lowest BCUT2D eigenvalue weighted by Crippen LogP contribution is -2.22. The second kappa shape index (κ2) is 5.76. The SMILES string of the molecule is CCCC(N)Cc1cc(C)ccc1OC. The van der Waals surface area contributed by atoms with Crippen molar-refractivity contribution in [3.05, 3.63) is 29.3 Å². The molecule has 1 atom stereocenters. The van der Waals surface area contributed by atoms with Crippen LogP contribution in [-0.4, -0.2) is 13.2 Å². The van der Waals surface area contributed by atoms with Gasteiger partial charge in [-0.15, -0.1) is 0 Å². The normalized spacial score (nSPS) is 12.5. The molecule has 0 aliphatic carbocycles. The van der Waals surface area contributed by atoms with Gasteiger partial charge in [0.2, 0.25) is 0 Å². The highest BCUT2D eigenvalue weighted by Gasteiger charge is 2.08. The van der Waals surface area contributed by atoms with Crippen LogP contribution in [0.25, 0.3) is 0 Å². The highest BCUT2D eigenvalue weighted by Crippen LogP contribution is 2.21. The fourth-order valence-corrected chi connectivity index (χ4v) is 1.82. The van der Waals surface area contributed by atoms with E-state index >= 15 is 0 Å².